The second kappa shape index (κ2) is 5.47. The summed E-state index contributed by atoms with van der Waals surface area (Å²) in [5.74, 6) is 1.04. The zero-order valence-corrected chi connectivity index (χ0v) is 10.6. The first-order valence-electron chi connectivity index (χ1n) is 5.43. The highest BCUT2D eigenvalue weighted by Gasteiger charge is 2.10. The smallest absolute Gasteiger partial charge is 0.323 e. The number of anilines is 2. The van der Waals surface area contributed by atoms with Crippen molar-refractivity contribution in [1.29, 1.82) is 0 Å². The fourth-order valence-electron chi connectivity index (χ4n) is 1.40. The van der Waals surface area contributed by atoms with E-state index < -0.39 is 5.97 Å². The van der Waals surface area contributed by atoms with Crippen LogP contribution in [0.25, 0.3) is 0 Å². The third-order valence-electron chi connectivity index (χ3n) is 2.02. The van der Waals surface area contributed by atoms with Gasteiger partial charge in [-0.3, -0.25) is 4.79 Å². The molecule has 0 atom stereocenters. The van der Waals surface area contributed by atoms with Crippen molar-refractivity contribution in [3.8, 4) is 0 Å². The highest BCUT2D eigenvalue weighted by atomic mass is 16.4. The standard InChI is InChI=1S/C11H18N4O2/c1-7(2)12-9-5-10(14-8(3)13-9)15(4)6-11(16)17/h5,7H,6H2,1-4H3,(H,16,17)(H,12,13,14). The van der Waals surface area contributed by atoms with E-state index in [1.54, 1.807) is 24.9 Å². The van der Waals surface area contributed by atoms with Crippen molar-refractivity contribution in [1.82, 2.24) is 9.97 Å². The van der Waals surface area contributed by atoms with Crippen LogP contribution in [-0.4, -0.2) is 40.7 Å². The van der Waals surface area contributed by atoms with Crippen molar-refractivity contribution in [3.05, 3.63) is 11.9 Å². The Morgan fingerprint density at radius 2 is 2.18 bits per heavy atom. The summed E-state index contributed by atoms with van der Waals surface area (Å²) in [7, 11) is 1.69. The van der Waals surface area contributed by atoms with Crippen molar-refractivity contribution >= 4 is 17.6 Å². The molecule has 0 bridgehead atoms. The number of carboxylic acids is 1. The molecule has 0 fully saturated rings. The maximum absolute atomic E-state index is 10.6. The first-order valence-corrected chi connectivity index (χ1v) is 5.43. The third kappa shape index (κ3) is 4.26. The van der Waals surface area contributed by atoms with Crippen molar-refractivity contribution in [2.45, 2.75) is 26.8 Å². The lowest BCUT2D eigenvalue weighted by molar-refractivity contribution is -0.135. The number of carbonyl (C=O) groups is 1. The van der Waals surface area contributed by atoms with Gasteiger partial charge in [-0.25, -0.2) is 9.97 Å². The number of aliphatic carboxylic acids is 1. The van der Waals surface area contributed by atoms with Crippen LogP contribution >= 0.6 is 0 Å². The lowest BCUT2D eigenvalue weighted by atomic mass is 10.3. The molecule has 1 heterocycles. The van der Waals surface area contributed by atoms with Crippen molar-refractivity contribution < 1.29 is 9.90 Å². The second-order valence-corrected chi connectivity index (χ2v) is 4.21. The fourth-order valence-corrected chi connectivity index (χ4v) is 1.40. The fraction of sp³-hybridized carbons (Fsp3) is 0.545. The highest BCUT2D eigenvalue weighted by Crippen LogP contribution is 2.15. The molecule has 0 spiro atoms. The van der Waals surface area contributed by atoms with Gasteiger partial charge >= 0.3 is 5.97 Å². The molecule has 1 rings (SSSR count). The molecule has 0 amide bonds. The average molecular weight is 238 g/mol. The van der Waals surface area contributed by atoms with Crippen LogP contribution in [0.15, 0.2) is 6.07 Å². The highest BCUT2D eigenvalue weighted by molar-refractivity contribution is 5.73. The van der Waals surface area contributed by atoms with Crippen LogP contribution in [0, 0.1) is 6.92 Å². The van der Waals surface area contributed by atoms with Crippen LogP contribution < -0.4 is 10.2 Å². The van der Waals surface area contributed by atoms with Gasteiger partial charge in [-0.2, -0.15) is 0 Å². The molecule has 1 aromatic heterocycles. The molecule has 0 saturated carbocycles. The Hall–Kier alpha value is -1.85. The van der Waals surface area contributed by atoms with E-state index >= 15 is 0 Å². The summed E-state index contributed by atoms with van der Waals surface area (Å²) < 4.78 is 0. The predicted octanol–water partition coefficient (Wildman–Crippen LogP) is 1.13. The van der Waals surface area contributed by atoms with Crippen LogP contribution in [-0.2, 0) is 4.79 Å². The zero-order chi connectivity index (χ0) is 13.0. The number of rotatable bonds is 5. The van der Waals surface area contributed by atoms with Crippen molar-refractivity contribution in [2.75, 3.05) is 23.8 Å². The van der Waals surface area contributed by atoms with E-state index in [4.69, 9.17) is 5.11 Å². The summed E-state index contributed by atoms with van der Waals surface area (Å²) in [6.07, 6.45) is 0. The van der Waals surface area contributed by atoms with Gasteiger partial charge in [-0.1, -0.05) is 0 Å². The van der Waals surface area contributed by atoms with E-state index in [9.17, 15) is 4.79 Å². The van der Waals surface area contributed by atoms with Gasteiger partial charge in [0.1, 0.15) is 24.0 Å². The SMILES string of the molecule is Cc1nc(NC(C)C)cc(N(C)CC(=O)O)n1. The largest absolute Gasteiger partial charge is 0.480 e. The summed E-state index contributed by atoms with van der Waals surface area (Å²) in [5.41, 5.74) is 0. The Balaban J connectivity index is 2.92. The summed E-state index contributed by atoms with van der Waals surface area (Å²) in [6, 6.07) is 2.01. The summed E-state index contributed by atoms with van der Waals surface area (Å²) in [4.78, 5) is 20.6. The molecular formula is C11H18N4O2. The van der Waals surface area contributed by atoms with Crippen molar-refractivity contribution in [2.24, 2.45) is 0 Å². The van der Waals surface area contributed by atoms with Gasteiger partial charge in [0.15, 0.2) is 0 Å². The van der Waals surface area contributed by atoms with Gasteiger partial charge in [0.25, 0.3) is 0 Å². The summed E-state index contributed by atoms with van der Waals surface area (Å²) in [6.45, 7) is 5.72. The third-order valence-corrected chi connectivity index (χ3v) is 2.02. The van der Waals surface area contributed by atoms with Crippen LogP contribution in [0.4, 0.5) is 11.6 Å². The molecule has 0 unspecified atom stereocenters. The minimum absolute atomic E-state index is 0.0857. The maximum Gasteiger partial charge on any atom is 0.323 e. The molecule has 0 radical (unpaired) electrons. The van der Waals surface area contributed by atoms with E-state index in [2.05, 4.69) is 15.3 Å². The molecule has 0 aliphatic rings. The van der Waals surface area contributed by atoms with E-state index in [1.807, 2.05) is 13.8 Å². The topological polar surface area (TPSA) is 78.4 Å². The van der Waals surface area contributed by atoms with Crippen LogP contribution in [0.3, 0.4) is 0 Å². The van der Waals surface area contributed by atoms with Crippen molar-refractivity contribution in [3.63, 3.8) is 0 Å². The molecule has 6 nitrogen and oxygen atoms in total. The average Bonchev–Trinajstić information content (AvgIpc) is 2.14. The molecule has 2 N–H and O–H groups in total. The molecule has 0 aromatic carbocycles. The molecular weight excluding hydrogens is 220 g/mol. The predicted molar refractivity (Wildman–Crippen MR) is 66.4 cm³/mol. The monoisotopic (exact) mass is 238 g/mol. The van der Waals surface area contributed by atoms with Crippen LogP contribution in [0.5, 0.6) is 0 Å². The van der Waals surface area contributed by atoms with Gasteiger partial charge in [0, 0.05) is 19.2 Å². The van der Waals surface area contributed by atoms with Gasteiger partial charge in [-0.15, -0.1) is 0 Å². The number of likely N-dealkylation sites (N-methyl/N-ethyl adjacent to an activating group) is 1. The Morgan fingerprint density at radius 3 is 2.71 bits per heavy atom. The normalized spacial score (nSPS) is 10.4. The molecule has 0 saturated heterocycles. The minimum atomic E-state index is -0.887. The Morgan fingerprint density at radius 1 is 1.53 bits per heavy atom. The van der Waals surface area contributed by atoms with E-state index in [0.29, 0.717) is 17.5 Å². The van der Waals surface area contributed by atoms with Gasteiger partial charge in [0.2, 0.25) is 0 Å². The molecule has 94 valence electrons. The van der Waals surface area contributed by atoms with Gasteiger partial charge < -0.3 is 15.3 Å². The first-order chi connectivity index (χ1) is 7.88. The van der Waals surface area contributed by atoms with Gasteiger partial charge in [-0.05, 0) is 20.8 Å². The number of aromatic nitrogens is 2. The van der Waals surface area contributed by atoms with E-state index in [-0.39, 0.29) is 12.6 Å². The lowest BCUT2D eigenvalue weighted by Crippen LogP contribution is -2.26. The van der Waals surface area contributed by atoms with Gasteiger partial charge in [0.05, 0.1) is 0 Å². The Kier molecular flexibility index (Phi) is 4.25. The number of hydrogen-bond donors (Lipinski definition) is 2. The molecule has 1 aromatic rings. The molecule has 0 aliphatic heterocycles. The van der Waals surface area contributed by atoms with E-state index in [0.717, 1.165) is 0 Å². The summed E-state index contributed by atoms with van der Waals surface area (Å²) >= 11 is 0. The first kappa shape index (κ1) is 13.2. The number of nitrogens with zero attached hydrogens (tertiary/aromatic N) is 3. The number of hydrogen-bond acceptors (Lipinski definition) is 5. The quantitative estimate of drug-likeness (QED) is 0.800. The molecule has 6 heteroatoms. The second-order valence-electron chi connectivity index (χ2n) is 4.21. The number of carboxylic acid groups (broad SMARTS) is 1. The zero-order valence-electron chi connectivity index (χ0n) is 10.6. The lowest BCUT2D eigenvalue weighted by Gasteiger charge is -2.17. The Bertz CT molecular complexity index is 406. The number of nitrogens with one attached hydrogen (secondary N) is 1. The molecule has 17 heavy (non-hydrogen) atoms. The maximum atomic E-state index is 10.6. The van der Waals surface area contributed by atoms with E-state index in [1.165, 1.54) is 0 Å². The molecule has 0 aliphatic carbocycles. The minimum Gasteiger partial charge on any atom is -0.480 e. The van der Waals surface area contributed by atoms with Crippen LogP contribution in [0.2, 0.25) is 0 Å². The Labute approximate surface area is 101 Å². The number of aryl methyl sites for hydroxylation is 1. The van der Waals surface area contributed by atoms with Crippen LogP contribution in [0.1, 0.15) is 19.7 Å². The summed E-state index contributed by atoms with van der Waals surface area (Å²) in [5, 5.41) is 11.9.